The molecule has 0 N–H and O–H groups in total. The Morgan fingerprint density at radius 3 is 1.96 bits per heavy atom. The predicted octanol–water partition coefficient (Wildman–Crippen LogP) is 7.18. The minimum absolute atomic E-state index is 0.172. The van der Waals surface area contributed by atoms with Crippen molar-refractivity contribution < 1.29 is 4.79 Å². The van der Waals surface area contributed by atoms with Crippen LogP contribution in [-0.2, 0) is 4.79 Å². The summed E-state index contributed by atoms with van der Waals surface area (Å²) in [6.45, 7) is 18.6. The molecule has 0 saturated heterocycles. The van der Waals surface area contributed by atoms with Crippen LogP contribution in [0.5, 0.6) is 0 Å². The molecule has 1 aromatic carbocycles. The Labute approximate surface area is 155 Å². The van der Waals surface area contributed by atoms with Crippen LogP contribution >= 0.6 is 0 Å². The number of hydrogen-bond acceptors (Lipinski definition) is 1. The van der Waals surface area contributed by atoms with Crippen LogP contribution in [-0.4, -0.2) is 5.78 Å². The molecule has 138 valence electrons. The largest absolute Gasteiger partial charge is 0.295 e. The normalized spacial score (nSPS) is 13.7. The number of carbonyl (C=O) groups is 1. The molecule has 0 saturated carbocycles. The van der Waals surface area contributed by atoms with Gasteiger partial charge in [0.2, 0.25) is 0 Å². The number of carbonyl (C=O) groups excluding carboxylic acids is 1. The average molecular weight is 341 g/mol. The number of benzene rings is 1. The maximum atomic E-state index is 10.7. The van der Waals surface area contributed by atoms with Crippen LogP contribution in [0.15, 0.2) is 54.6 Å². The maximum absolute atomic E-state index is 10.7. The lowest BCUT2D eigenvalue weighted by Gasteiger charge is -2.18. The number of rotatable bonds is 4. The highest BCUT2D eigenvalue weighted by atomic mass is 16.1. The molecule has 0 radical (unpaired) electrons. The Hall–Kier alpha value is -1.89. The monoisotopic (exact) mass is 340 g/mol. The summed E-state index contributed by atoms with van der Waals surface area (Å²) < 4.78 is 0. The van der Waals surface area contributed by atoms with Crippen molar-refractivity contribution in [3.8, 4) is 0 Å². The maximum Gasteiger partial charge on any atom is 0.159 e. The summed E-state index contributed by atoms with van der Waals surface area (Å²) in [5.74, 6) is 1.38. The highest BCUT2D eigenvalue weighted by Crippen LogP contribution is 2.27. The molecule has 0 heterocycles. The van der Waals surface area contributed by atoms with Gasteiger partial charge in [0.05, 0.1) is 0 Å². The molecular weight excluding hydrogens is 304 g/mol. The van der Waals surface area contributed by atoms with E-state index in [4.69, 9.17) is 0 Å². The van der Waals surface area contributed by atoms with Gasteiger partial charge in [-0.05, 0) is 49.7 Å². The Kier molecular flexibility index (Phi) is 11.5. The first-order valence-electron chi connectivity index (χ1n) is 9.46. The Morgan fingerprint density at radius 1 is 1.04 bits per heavy atom. The van der Waals surface area contributed by atoms with Gasteiger partial charge in [0.25, 0.3) is 0 Å². The van der Waals surface area contributed by atoms with Gasteiger partial charge >= 0.3 is 0 Å². The van der Waals surface area contributed by atoms with Gasteiger partial charge < -0.3 is 0 Å². The van der Waals surface area contributed by atoms with Gasteiger partial charge in [-0.15, -0.1) is 0 Å². The van der Waals surface area contributed by atoms with E-state index >= 15 is 0 Å². The van der Waals surface area contributed by atoms with Gasteiger partial charge in [0, 0.05) is 5.57 Å². The van der Waals surface area contributed by atoms with Crippen LogP contribution in [0.2, 0.25) is 0 Å². The fourth-order valence-electron chi connectivity index (χ4n) is 2.31. The summed E-state index contributed by atoms with van der Waals surface area (Å²) in [7, 11) is 0. The van der Waals surface area contributed by atoms with Crippen molar-refractivity contribution in [2.75, 3.05) is 0 Å². The van der Waals surface area contributed by atoms with E-state index in [1.165, 1.54) is 16.7 Å². The number of aryl methyl sites for hydroxylation is 1. The van der Waals surface area contributed by atoms with E-state index in [0.717, 1.165) is 18.4 Å². The fourth-order valence-corrected chi connectivity index (χ4v) is 2.31. The second-order valence-electron chi connectivity index (χ2n) is 6.62. The zero-order chi connectivity index (χ0) is 19.4. The minimum atomic E-state index is 0.172. The first kappa shape index (κ1) is 23.1. The molecule has 25 heavy (non-hydrogen) atoms. The highest BCUT2D eigenvalue weighted by Gasteiger charge is 2.12. The van der Waals surface area contributed by atoms with Gasteiger partial charge in [-0.1, -0.05) is 89.3 Å². The minimum Gasteiger partial charge on any atom is -0.295 e. The molecule has 1 nitrogen and oxygen atoms in total. The third-order valence-corrected chi connectivity index (χ3v) is 4.37. The molecule has 0 aromatic heterocycles. The molecular formula is C24H36O. The van der Waals surface area contributed by atoms with E-state index in [2.05, 4.69) is 58.5 Å². The summed E-state index contributed by atoms with van der Waals surface area (Å²) in [6.07, 6.45) is 8.02. The molecule has 0 spiro atoms. The molecule has 1 heteroatoms. The number of Topliss-reactive ketones (excluding diaryl/α,β-unsaturated/α-hetero) is 1. The van der Waals surface area contributed by atoms with Crippen molar-refractivity contribution in [1.29, 1.82) is 0 Å². The highest BCUT2D eigenvalue weighted by molar-refractivity contribution is 5.96. The SMILES string of the molecule is C=C(c1ccc(C)cc1)C(C)C(C)C.CC.CC(=O)C1=CCCC=C1. The van der Waals surface area contributed by atoms with E-state index in [9.17, 15) is 4.79 Å². The van der Waals surface area contributed by atoms with Gasteiger partial charge in [0.15, 0.2) is 5.78 Å². The van der Waals surface area contributed by atoms with E-state index in [1.807, 2.05) is 32.1 Å². The molecule has 1 unspecified atom stereocenters. The molecule has 0 bridgehead atoms. The molecule has 1 aliphatic carbocycles. The molecule has 1 atom stereocenters. The van der Waals surface area contributed by atoms with E-state index in [1.54, 1.807) is 6.92 Å². The molecule has 0 aliphatic heterocycles. The lowest BCUT2D eigenvalue weighted by Crippen LogP contribution is -2.05. The summed E-state index contributed by atoms with van der Waals surface area (Å²) in [4.78, 5) is 10.7. The molecule has 0 fully saturated rings. The summed E-state index contributed by atoms with van der Waals surface area (Å²) in [5, 5.41) is 0. The lowest BCUT2D eigenvalue weighted by atomic mass is 9.87. The first-order valence-corrected chi connectivity index (χ1v) is 9.46. The Bertz CT molecular complexity index is 585. The topological polar surface area (TPSA) is 17.1 Å². The second-order valence-corrected chi connectivity index (χ2v) is 6.62. The fraction of sp³-hybridized carbons (Fsp3) is 0.458. The van der Waals surface area contributed by atoms with Gasteiger partial charge in [-0.25, -0.2) is 0 Å². The van der Waals surface area contributed by atoms with Crippen molar-refractivity contribution in [3.05, 3.63) is 65.8 Å². The molecule has 0 amide bonds. The van der Waals surface area contributed by atoms with E-state index < -0.39 is 0 Å². The van der Waals surface area contributed by atoms with Crippen LogP contribution in [0.1, 0.15) is 65.5 Å². The van der Waals surface area contributed by atoms with Crippen molar-refractivity contribution in [3.63, 3.8) is 0 Å². The predicted molar refractivity (Wildman–Crippen MR) is 113 cm³/mol. The summed E-state index contributed by atoms with van der Waals surface area (Å²) >= 11 is 0. The Morgan fingerprint density at radius 2 is 1.60 bits per heavy atom. The van der Waals surface area contributed by atoms with Gasteiger partial charge in [0.1, 0.15) is 0 Å². The van der Waals surface area contributed by atoms with Crippen LogP contribution in [0.4, 0.5) is 0 Å². The third kappa shape index (κ3) is 8.67. The van der Waals surface area contributed by atoms with Gasteiger partial charge in [-0.3, -0.25) is 4.79 Å². The van der Waals surface area contributed by atoms with Crippen LogP contribution in [0, 0.1) is 18.8 Å². The zero-order valence-electron chi connectivity index (χ0n) is 17.2. The smallest absolute Gasteiger partial charge is 0.159 e. The van der Waals surface area contributed by atoms with Crippen molar-refractivity contribution in [1.82, 2.24) is 0 Å². The first-order chi connectivity index (χ1) is 11.8. The lowest BCUT2D eigenvalue weighted by molar-refractivity contribution is -0.113. The average Bonchev–Trinajstić information content (AvgIpc) is 2.64. The summed E-state index contributed by atoms with van der Waals surface area (Å²) in [5.41, 5.74) is 4.69. The van der Waals surface area contributed by atoms with Crippen LogP contribution in [0.3, 0.4) is 0 Å². The number of ketones is 1. The second kappa shape index (κ2) is 12.5. The van der Waals surface area contributed by atoms with Crippen molar-refractivity contribution >= 4 is 11.4 Å². The van der Waals surface area contributed by atoms with Crippen molar-refractivity contribution in [2.24, 2.45) is 11.8 Å². The van der Waals surface area contributed by atoms with Crippen LogP contribution < -0.4 is 0 Å². The molecule has 1 aromatic rings. The summed E-state index contributed by atoms with van der Waals surface area (Å²) in [6, 6.07) is 8.62. The molecule has 2 rings (SSSR count). The van der Waals surface area contributed by atoms with E-state index in [0.29, 0.717) is 11.8 Å². The molecule has 1 aliphatic rings. The Balaban J connectivity index is 0.000000451. The third-order valence-electron chi connectivity index (χ3n) is 4.37. The van der Waals surface area contributed by atoms with E-state index in [-0.39, 0.29) is 5.78 Å². The number of allylic oxidation sites excluding steroid dienone is 5. The zero-order valence-corrected chi connectivity index (χ0v) is 17.2. The standard InChI is InChI=1S/C14H20.C8H10O.C2H6/c1-10(2)12(4)13(5)14-8-6-11(3)7-9-14;1-7(9)8-5-3-2-4-6-8;1-2/h6-10,12H,5H2,1-4H3;3,5-6H,2,4H2,1H3;1-2H3. The quantitative estimate of drug-likeness (QED) is 0.567. The van der Waals surface area contributed by atoms with Crippen LogP contribution in [0.25, 0.3) is 5.57 Å². The number of hydrogen-bond donors (Lipinski definition) is 0. The van der Waals surface area contributed by atoms with Crippen molar-refractivity contribution in [2.45, 2.75) is 61.3 Å². The van der Waals surface area contributed by atoms with Gasteiger partial charge in [-0.2, -0.15) is 0 Å².